The molecule has 0 saturated carbocycles. The standard InChI is InChI=1S/C9H11NO2.C5H9NO2/c1-10-8(9(11)12)7-5-3-2-4-6-7;7-5(8)4-2-1-3-6-4/h2-6,8,10H,1H3,(H,11,12);4,6H,1-3H2,(H,7,8)/t;4-/m.0/s1. The molecule has 1 aromatic carbocycles. The van der Waals surface area contributed by atoms with Gasteiger partial charge in [-0.1, -0.05) is 30.3 Å². The van der Waals surface area contributed by atoms with Crippen molar-refractivity contribution < 1.29 is 19.8 Å². The van der Waals surface area contributed by atoms with Crippen LogP contribution in [0.3, 0.4) is 0 Å². The van der Waals surface area contributed by atoms with E-state index in [1.807, 2.05) is 18.2 Å². The monoisotopic (exact) mass is 280 g/mol. The van der Waals surface area contributed by atoms with E-state index in [1.54, 1.807) is 19.2 Å². The number of aliphatic carboxylic acids is 2. The van der Waals surface area contributed by atoms with Crippen molar-refractivity contribution in [2.45, 2.75) is 24.9 Å². The van der Waals surface area contributed by atoms with E-state index >= 15 is 0 Å². The molecule has 0 spiro atoms. The largest absolute Gasteiger partial charge is 0.480 e. The Morgan fingerprint density at radius 3 is 2.30 bits per heavy atom. The molecule has 0 aliphatic carbocycles. The summed E-state index contributed by atoms with van der Waals surface area (Å²) in [5.74, 6) is -1.58. The van der Waals surface area contributed by atoms with Crippen molar-refractivity contribution >= 4 is 11.9 Å². The van der Waals surface area contributed by atoms with Crippen LogP contribution >= 0.6 is 0 Å². The zero-order valence-corrected chi connectivity index (χ0v) is 11.4. The van der Waals surface area contributed by atoms with Crippen LogP contribution in [0.25, 0.3) is 0 Å². The third kappa shape index (κ3) is 4.99. The van der Waals surface area contributed by atoms with Crippen LogP contribution in [-0.4, -0.2) is 41.8 Å². The van der Waals surface area contributed by atoms with Crippen LogP contribution in [0.1, 0.15) is 24.4 Å². The Labute approximate surface area is 117 Å². The predicted octanol–water partition coefficient (Wildman–Crippen LogP) is 0.855. The summed E-state index contributed by atoms with van der Waals surface area (Å²) in [6.45, 7) is 0.858. The average Bonchev–Trinajstić information content (AvgIpc) is 2.95. The molecule has 110 valence electrons. The highest BCUT2D eigenvalue weighted by molar-refractivity contribution is 5.75. The Hall–Kier alpha value is -1.92. The molecular weight excluding hydrogens is 260 g/mol. The lowest BCUT2D eigenvalue weighted by Crippen LogP contribution is -2.29. The number of rotatable bonds is 4. The molecule has 2 rings (SSSR count). The van der Waals surface area contributed by atoms with Gasteiger partial charge in [-0.25, -0.2) is 0 Å². The molecule has 20 heavy (non-hydrogen) atoms. The minimum Gasteiger partial charge on any atom is -0.480 e. The van der Waals surface area contributed by atoms with E-state index in [0.29, 0.717) is 0 Å². The van der Waals surface area contributed by atoms with E-state index < -0.39 is 18.0 Å². The summed E-state index contributed by atoms with van der Waals surface area (Å²) in [5.41, 5.74) is 0.771. The van der Waals surface area contributed by atoms with Crippen LogP contribution in [0, 0.1) is 0 Å². The number of carbonyl (C=O) groups is 2. The SMILES string of the molecule is CNC(C(=O)O)c1ccccc1.O=C(O)[C@@H]1CCCN1. The fourth-order valence-corrected chi connectivity index (χ4v) is 1.97. The van der Waals surface area contributed by atoms with Gasteiger partial charge in [0.1, 0.15) is 12.1 Å². The van der Waals surface area contributed by atoms with E-state index in [2.05, 4.69) is 10.6 Å². The second-order valence-electron chi connectivity index (χ2n) is 4.46. The third-order valence-corrected chi connectivity index (χ3v) is 3.03. The second kappa shape index (κ2) is 8.29. The minimum atomic E-state index is -0.858. The molecule has 0 radical (unpaired) electrons. The first-order valence-corrected chi connectivity index (χ1v) is 6.47. The van der Waals surface area contributed by atoms with E-state index in [1.165, 1.54) is 0 Å². The van der Waals surface area contributed by atoms with Crippen molar-refractivity contribution in [3.8, 4) is 0 Å². The minimum absolute atomic E-state index is 0.269. The Balaban J connectivity index is 0.000000217. The molecule has 1 heterocycles. The lowest BCUT2D eigenvalue weighted by atomic mass is 10.1. The van der Waals surface area contributed by atoms with Crippen LogP contribution in [0.4, 0.5) is 0 Å². The number of carboxylic acid groups (broad SMARTS) is 2. The number of hydrogen-bond donors (Lipinski definition) is 4. The smallest absolute Gasteiger partial charge is 0.325 e. The first-order valence-electron chi connectivity index (χ1n) is 6.47. The van der Waals surface area contributed by atoms with Gasteiger partial charge in [0.15, 0.2) is 0 Å². The Morgan fingerprint density at radius 2 is 1.95 bits per heavy atom. The van der Waals surface area contributed by atoms with Gasteiger partial charge < -0.3 is 20.8 Å². The van der Waals surface area contributed by atoms with Crippen molar-refractivity contribution in [1.29, 1.82) is 0 Å². The van der Waals surface area contributed by atoms with Crippen LogP contribution in [0.15, 0.2) is 30.3 Å². The molecule has 1 aliphatic rings. The summed E-state index contributed by atoms with van der Waals surface area (Å²) >= 11 is 0. The van der Waals surface area contributed by atoms with Crippen LogP contribution < -0.4 is 10.6 Å². The van der Waals surface area contributed by atoms with Crippen LogP contribution in [0.5, 0.6) is 0 Å². The lowest BCUT2D eigenvalue weighted by molar-refractivity contribution is -0.140. The number of carboxylic acids is 2. The molecule has 0 aromatic heterocycles. The molecule has 2 atom stereocenters. The number of likely N-dealkylation sites (N-methyl/N-ethyl adjacent to an activating group) is 1. The molecular formula is C14H20N2O4. The van der Waals surface area contributed by atoms with E-state index in [-0.39, 0.29) is 6.04 Å². The topological polar surface area (TPSA) is 98.7 Å². The molecule has 1 aromatic rings. The van der Waals surface area contributed by atoms with E-state index in [9.17, 15) is 9.59 Å². The number of hydrogen-bond acceptors (Lipinski definition) is 4. The van der Waals surface area contributed by atoms with Gasteiger partial charge in [-0.15, -0.1) is 0 Å². The van der Waals surface area contributed by atoms with Crippen LogP contribution in [-0.2, 0) is 9.59 Å². The third-order valence-electron chi connectivity index (χ3n) is 3.03. The van der Waals surface area contributed by atoms with Crippen molar-refractivity contribution in [2.75, 3.05) is 13.6 Å². The summed E-state index contributed by atoms with van der Waals surface area (Å²) in [6.07, 6.45) is 1.78. The molecule has 1 fully saturated rings. The fourth-order valence-electron chi connectivity index (χ4n) is 1.97. The molecule has 0 amide bonds. The fraction of sp³-hybridized carbons (Fsp3) is 0.429. The van der Waals surface area contributed by atoms with Gasteiger partial charge >= 0.3 is 11.9 Å². The predicted molar refractivity (Wildman–Crippen MR) is 74.5 cm³/mol. The summed E-state index contributed by atoms with van der Waals surface area (Å²) in [5, 5.41) is 22.7. The number of benzene rings is 1. The maximum Gasteiger partial charge on any atom is 0.325 e. The van der Waals surface area contributed by atoms with Gasteiger partial charge in [-0.2, -0.15) is 0 Å². The highest BCUT2D eigenvalue weighted by Crippen LogP contribution is 2.11. The average molecular weight is 280 g/mol. The molecule has 6 nitrogen and oxygen atoms in total. The Kier molecular flexibility index (Phi) is 6.69. The van der Waals surface area contributed by atoms with Gasteiger partial charge in [-0.3, -0.25) is 9.59 Å². The zero-order valence-electron chi connectivity index (χ0n) is 11.4. The summed E-state index contributed by atoms with van der Waals surface area (Å²) in [4.78, 5) is 20.8. The normalized spacial score (nSPS) is 18.8. The first kappa shape index (κ1) is 16.1. The van der Waals surface area contributed by atoms with E-state index in [0.717, 1.165) is 24.9 Å². The molecule has 6 heteroatoms. The molecule has 1 saturated heterocycles. The van der Waals surface area contributed by atoms with Gasteiger partial charge in [0, 0.05) is 0 Å². The summed E-state index contributed by atoms with van der Waals surface area (Å²) < 4.78 is 0. The molecule has 1 aliphatic heterocycles. The zero-order chi connectivity index (χ0) is 15.0. The highest BCUT2D eigenvalue weighted by atomic mass is 16.4. The Morgan fingerprint density at radius 1 is 1.30 bits per heavy atom. The van der Waals surface area contributed by atoms with Crippen molar-refractivity contribution in [2.24, 2.45) is 0 Å². The quantitative estimate of drug-likeness (QED) is 0.653. The summed E-state index contributed by atoms with van der Waals surface area (Å²) in [6, 6.07) is 8.20. The lowest BCUT2D eigenvalue weighted by Gasteiger charge is -2.10. The van der Waals surface area contributed by atoms with Crippen LogP contribution in [0.2, 0.25) is 0 Å². The molecule has 0 bridgehead atoms. The molecule has 4 N–H and O–H groups in total. The maximum absolute atomic E-state index is 10.7. The van der Waals surface area contributed by atoms with Gasteiger partial charge in [0.25, 0.3) is 0 Å². The number of nitrogens with one attached hydrogen (secondary N) is 2. The Bertz CT molecular complexity index is 430. The van der Waals surface area contributed by atoms with E-state index in [4.69, 9.17) is 10.2 Å². The summed E-state index contributed by atoms with van der Waals surface area (Å²) in [7, 11) is 1.63. The first-order chi connectivity index (χ1) is 9.56. The van der Waals surface area contributed by atoms with Gasteiger partial charge in [0.05, 0.1) is 0 Å². The maximum atomic E-state index is 10.7. The second-order valence-corrected chi connectivity index (χ2v) is 4.46. The van der Waals surface area contributed by atoms with Gasteiger partial charge in [-0.05, 0) is 32.0 Å². The van der Waals surface area contributed by atoms with Crippen molar-refractivity contribution in [1.82, 2.24) is 10.6 Å². The van der Waals surface area contributed by atoms with Crippen molar-refractivity contribution in [3.05, 3.63) is 35.9 Å². The van der Waals surface area contributed by atoms with Crippen molar-refractivity contribution in [3.63, 3.8) is 0 Å². The highest BCUT2D eigenvalue weighted by Gasteiger charge is 2.20. The molecule has 1 unspecified atom stereocenters. The van der Waals surface area contributed by atoms with Gasteiger partial charge in [0.2, 0.25) is 0 Å².